The van der Waals surface area contributed by atoms with Crippen LogP contribution in [0.5, 0.6) is 11.5 Å². The van der Waals surface area contributed by atoms with Gasteiger partial charge in [0.25, 0.3) is 10.0 Å². The molecule has 5 rings (SSSR count). The maximum atomic E-state index is 14.7. The summed E-state index contributed by atoms with van der Waals surface area (Å²) in [6.45, 7) is 3.79. The largest absolute Gasteiger partial charge is 0.486 e. The molecule has 0 aliphatic carbocycles. The van der Waals surface area contributed by atoms with E-state index in [-0.39, 0.29) is 35.5 Å². The van der Waals surface area contributed by atoms with Crippen molar-refractivity contribution in [1.82, 2.24) is 10.2 Å². The van der Waals surface area contributed by atoms with Crippen molar-refractivity contribution in [2.75, 3.05) is 24.1 Å². The Kier molecular flexibility index (Phi) is 11.5. The Morgan fingerprint density at radius 3 is 2.21 bits per heavy atom. The number of ether oxygens (including phenoxy) is 2. The van der Waals surface area contributed by atoms with Crippen LogP contribution in [0.2, 0.25) is 10.0 Å². The molecular weight excluding hydrogens is 673 g/mol. The van der Waals surface area contributed by atoms with Crippen molar-refractivity contribution in [3.63, 3.8) is 0 Å². The molecule has 0 fully saturated rings. The molecule has 1 N–H and O–H groups in total. The van der Waals surface area contributed by atoms with Crippen molar-refractivity contribution in [1.29, 1.82) is 0 Å². The Labute approximate surface area is 291 Å². The van der Waals surface area contributed by atoms with E-state index < -0.39 is 28.5 Å². The number of anilines is 1. The second-order valence-electron chi connectivity index (χ2n) is 11.4. The van der Waals surface area contributed by atoms with Crippen LogP contribution in [0.1, 0.15) is 31.4 Å². The monoisotopic (exact) mass is 709 g/mol. The van der Waals surface area contributed by atoms with Crippen LogP contribution in [-0.2, 0) is 32.6 Å². The van der Waals surface area contributed by atoms with Crippen LogP contribution in [0.25, 0.3) is 0 Å². The number of hydrogen-bond donors (Lipinski definition) is 1. The van der Waals surface area contributed by atoms with Gasteiger partial charge in [-0.05, 0) is 60.9 Å². The molecule has 0 aromatic heterocycles. The quantitative estimate of drug-likeness (QED) is 0.170. The van der Waals surface area contributed by atoms with Gasteiger partial charge in [0.2, 0.25) is 11.8 Å². The first-order valence-electron chi connectivity index (χ1n) is 15.6. The van der Waals surface area contributed by atoms with Gasteiger partial charge in [0.15, 0.2) is 11.5 Å². The summed E-state index contributed by atoms with van der Waals surface area (Å²) in [6, 6.07) is 25.7. The number of hydrogen-bond acceptors (Lipinski definition) is 6. The number of nitrogens with zero attached hydrogens (tertiary/aromatic N) is 2. The zero-order valence-corrected chi connectivity index (χ0v) is 29.0. The average Bonchev–Trinajstić information content (AvgIpc) is 3.09. The first kappa shape index (κ1) is 35.1. The van der Waals surface area contributed by atoms with E-state index in [1.54, 1.807) is 54.6 Å². The molecule has 9 nitrogen and oxygen atoms in total. The molecular formula is C36H37Cl2N3O6S. The molecule has 0 saturated heterocycles. The van der Waals surface area contributed by atoms with E-state index in [1.807, 2.05) is 44.2 Å². The molecule has 2 amide bonds. The number of fused-ring (bicyclic) bond motifs is 1. The molecule has 1 aliphatic heterocycles. The molecule has 0 radical (unpaired) electrons. The molecule has 48 heavy (non-hydrogen) atoms. The smallest absolute Gasteiger partial charge is 0.264 e. The van der Waals surface area contributed by atoms with Crippen LogP contribution in [0.15, 0.2) is 102 Å². The fraction of sp³-hybridized carbons (Fsp3) is 0.278. The Hall–Kier alpha value is -4.25. The van der Waals surface area contributed by atoms with Crippen molar-refractivity contribution >= 4 is 50.7 Å². The van der Waals surface area contributed by atoms with Crippen LogP contribution in [0.3, 0.4) is 0 Å². The Morgan fingerprint density at radius 1 is 0.875 bits per heavy atom. The van der Waals surface area contributed by atoms with E-state index in [0.717, 1.165) is 9.87 Å². The van der Waals surface area contributed by atoms with Crippen molar-refractivity contribution in [3.8, 4) is 11.5 Å². The maximum absolute atomic E-state index is 14.7. The Morgan fingerprint density at radius 2 is 1.54 bits per heavy atom. The van der Waals surface area contributed by atoms with E-state index in [9.17, 15) is 18.0 Å². The van der Waals surface area contributed by atoms with E-state index in [1.165, 1.54) is 17.0 Å². The molecule has 2 atom stereocenters. The highest BCUT2D eigenvalue weighted by Crippen LogP contribution is 2.36. The van der Waals surface area contributed by atoms with Crippen LogP contribution in [0, 0.1) is 0 Å². The zero-order valence-electron chi connectivity index (χ0n) is 26.6. The van der Waals surface area contributed by atoms with Gasteiger partial charge in [0, 0.05) is 35.1 Å². The summed E-state index contributed by atoms with van der Waals surface area (Å²) in [7, 11) is -4.28. The Bertz CT molecular complexity index is 1840. The van der Waals surface area contributed by atoms with Crippen LogP contribution in [-0.4, -0.2) is 57.0 Å². The highest BCUT2D eigenvalue weighted by molar-refractivity contribution is 7.92. The van der Waals surface area contributed by atoms with Gasteiger partial charge in [-0.15, -0.1) is 0 Å². The Balaban J connectivity index is 1.60. The van der Waals surface area contributed by atoms with Crippen LogP contribution in [0.4, 0.5) is 5.69 Å². The van der Waals surface area contributed by atoms with Gasteiger partial charge < -0.3 is 19.7 Å². The van der Waals surface area contributed by atoms with Gasteiger partial charge in [-0.3, -0.25) is 13.9 Å². The van der Waals surface area contributed by atoms with E-state index >= 15 is 0 Å². The maximum Gasteiger partial charge on any atom is 0.264 e. The summed E-state index contributed by atoms with van der Waals surface area (Å²) >= 11 is 12.8. The number of sulfonamides is 1. The summed E-state index contributed by atoms with van der Waals surface area (Å²) in [4.78, 5) is 30.1. The number of amides is 2. The summed E-state index contributed by atoms with van der Waals surface area (Å²) in [5.74, 6) is -0.157. The van der Waals surface area contributed by atoms with E-state index in [0.29, 0.717) is 46.7 Å². The minimum Gasteiger partial charge on any atom is -0.486 e. The first-order valence-corrected chi connectivity index (χ1v) is 17.8. The normalized spacial score (nSPS) is 13.7. The number of carbonyl (C=O) groups is 2. The highest BCUT2D eigenvalue weighted by atomic mass is 35.5. The number of halogens is 2. The summed E-state index contributed by atoms with van der Waals surface area (Å²) in [5, 5.41) is 3.74. The molecule has 0 bridgehead atoms. The molecule has 2 unspecified atom stereocenters. The van der Waals surface area contributed by atoms with Crippen molar-refractivity contribution in [3.05, 3.63) is 118 Å². The zero-order chi connectivity index (χ0) is 34.3. The number of rotatable bonds is 13. The number of benzene rings is 4. The molecule has 0 spiro atoms. The lowest BCUT2D eigenvalue weighted by atomic mass is 10.0. The van der Waals surface area contributed by atoms with Gasteiger partial charge in [0.05, 0.1) is 10.6 Å². The van der Waals surface area contributed by atoms with Crippen molar-refractivity contribution in [2.24, 2.45) is 0 Å². The predicted octanol–water partition coefficient (Wildman–Crippen LogP) is 6.51. The van der Waals surface area contributed by atoms with Gasteiger partial charge in [0.1, 0.15) is 25.8 Å². The molecule has 252 valence electrons. The fourth-order valence-electron chi connectivity index (χ4n) is 5.26. The van der Waals surface area contributed by atoms with Crippen molar-refractivity contribution in [2.45, 2.75) is 50.2 Å². The minimum absolute atomic E-state index is 0.00432. The minimum atomic E-state index is -4.28. The van der Waals surface area contributed by atoms with Crippen LogP contribution < -0.4 is 19.1 Å². The second-order valence-corrected chi connectivity index (χ2v) is 14.1. The molecule has 1 heterocycles. The van der Waals surface area contributed by atoms with E-state index in [2.05, 4.69) is 5.32 Å². The second kappa shape index (κ2) is 15.8. The number of nitrogens with one attached hydrogen (secondary N) is 1. The van der Waals surface area contributed by atoms with Gasteiger partial charge in [-0.2, -0.15) is 0 Å². The molecule has 1 aliphatic rings. The molecule has 12 heteroatoms. The third-order valence-electron chi connectivity index (χ3n) is 8.05. The fourth-order valence-corrected chi connectivity index (χ4v) is 7.16. The van der Waals surface area contributed by atoms with E-state index in [4.69, 9.17) is 32.7 Å². The summed E-state index contributed by atoms with van der Waals surface area (Å²) in [5.41, 5.74) is 1.56. The van der Waals surface area contributed by atoms with Gasteiger partial charge in [-0.25, -0.2) is 8.42 Å². The topological polar surface area (TPSA) is 105 Å². The summed E-state index contributed by atoms with van der Waals surface area (Å²) in [6.07, 6.45) is 0.851. The number of carbonyl (C=O) groups excluding carboxylic acids is 2. The first-order chi connectivity index (χ1) is 23.1. The SMILES string of the molecule is CCC(C)NC(=O)C(Cc1ccccc1)N(Cc1ccc(Cl)cc1Cl)C(=O)CN(c1ccc2c(c1)OCCO2)S(=O)(=O)c1ccccc1. The highest BCUT2D eigenvalue weighted by Gasteiger charge is 2.35. The molecule has 4 aromatic rings. The third kappa shape index (κ3) is 8.42. The third-order valence-corrected chi connectivity index (χ3v) is 10.4. The summed E-state index contributed by atoms with van der Waals surface area (Å²) < 4.78 is 41.0. The standard InChI is InChI=1S/C36H37Cl2N3O6S/c1-3-25(2)39-36(43)32(20-26-10-6-4-7-11-26)40(23-27-14-15-28(37)21-31(27)38)35(42)24-41(48(44,45)30-12-8-5-9-13-30)29-16-17-33-34(22-29)47-19-18-46-33/h4-17,21-22,25,32H,3,18-20,23-24H2,1-2H3,(H,39,43). The predicted molar refractivity (Wildman–Crippen MR) is 187 cm³/mol. The lowest BCUT2D eigenvalue weighted by Gasteiger charge is -2.34. The van der Waals surface area contributed by atoms with Gasteiger partial charge >= 0.3 is 0 Å². The molecule has 0 saturated carbocycles. The molecule has 4 aromatic carbocycles. The van der Waals surface area contributed by atoms with Gasteiger partial charge in [-0.1, -0.05) is 84.7 Å². The van der Waals surface area contributed by atoms with Crippen molar-refractivity contribution < 1.29 is 27.5 Å². The lowest BCUT2D eigenvalue weighted by Crippen LogP contribution is -2.54. The van der Waals surface area contributed by atoms with Crippen LogP contribution >= 0.6 is 23.2 Å². The average molecular weight is 711 g/mol. The lowest BCUT2D eigenvalue weighted by molar-refractivity contribution is -0.140.